The van der Waals surface area contributed by atoms with Gasteiger partial charge in [0.2, 0.25) is 0 Å². The molecule has 4 nitrogen and oxygen atoms in total. The molecule has 0 saturated carbocycles. The SMILES string of the molecule is CCn1ccnc(Nc2ccc(C)cc2)c1=O. The Labute approximate surface area is 99.9 Å². The Balaban J connectivity index is 2.30. The van der Waals surface area contributed by atoms with Gasteiger partial charge >= 0.3 is 0 Å². The van der Waals surface area contributed by atoms with Gasteiger partial charge in [0.15, 0.2) is 5.82 Å². The first-order valence-corrected chi connectivity index (χ1v) is 5.60. The van der Waals surface area contributed by atoms with Crippen molar-refractivity contribution in [3.05, 3.63) is 52.6 Å². The molecule has 0 radical (unpaired) electrons. The van der Waals surface area contributed by atoms with Crippen LogP contribution in [0.2, 0.25) is 0 Å². The third-order valence-corrected chi connectivity index (χ3v) is 2.57. The van der Waals surface area contributed by atoms with Gasteiger partial charge in [-0.3, -0.25) is 4.79 Å². The summed E-state index contributed by atoms with van der Waals surface area (Å²) in [5.74, 6) is 0.359. The fourth-order valence-corrected chi connectivity index (χ4v) is 1.56. The zero-order valence-electron chi connectivity index (χ0n) is 9.97. The summed E-state index contributed by atoms with van der Waals surface area (Å²) in [4.78, 5) is 16.0. The van der Waals surface area contributed by atoms with Crippen molar-refractivity contribution in [2.75, 3.05) is 5.32 Å². The molecule has 1 aromatic heterocycles. The van der Waals surface area contributed by atoms with Gasteiger partial charge in [0.05, 0.1) is 0 Å². The number of aryl methyl sites for hydroxylation is 2. The average molecular weight is 229 g/mol. The summed E-state index contributed by atoms with van der Waals surface area (Å²) in [6.07, 6.45) is 3.31. The molecule has 0 fully saturated rings. The standard InChI is InChI=1S/C13H15N3O/c1-3-16-9-8-14-12(13(16)17)15-11-6-4-10(2)5-7-11/h4-9H,3H2,1-2H3,(H,14,15). The predicted molar refractivity (Wildman–Crippen MR) is 68.6 cm³/mol. The molecule has 0 aliphatic heterocycles. The van der Waals surface area contributed by atoms with Crippen LogP contribution in [0.4, 0.5) is 11.5 Å². The maximum Gasteiger partial charge on any atom is 0.293 e. The summed E-state index contributed by atoms with van der Waals surface area (Å²) in [5.41, 5.74) is 1.95. The fourth-order valence-electron chi connectivity index (χ4n) is 1.56. The summed E-state index contributed by atoms with van der Waals surface area (Å²) < 4.78 is 1.61. The lowest BCUT2D eigenvalue weighted by Gasteiger charge is -2.07. The molecule has 0 amide bonds. The van der Waals surface area contributed by atoms with E-state index in [1.165, 1.54) is 5.56 Å². The van der Waals surface area contributed by atoms with Crippen LogP contribution in [0.25, 0.3) is 0 Å². The largest absolute Gasteiger partial charge is 0.336 e. The van der Waals surface area contributed by atoms with Gasteiger partial charge in [0, 0.05) is 24.6 Å². The summed E-state index contributed by atoms with van der Waals surface area (Å²) in [5, 5.41) is 3.03. The number of hydrogen-bond donors (Lipinski definition) is 1. The van der Waals surface area contributed by atoms with E-state index in [2.05, 4.69) is 10.3 Å². The van der Waals surface area contributed by atoms with Crippen LogP contribution in [0.3, 0.4) is 0 Å². The van der Waals surface area contributed by atoms with Gasteiger partial charge in [-0.1, -0.05) is 17.7 Å². The van der Waals surface area contributed by atoms with Gasteiger partial charge < -0.3 is 9.88 Å². The number of nitrogens with one attached hydrogen (secondary N) is 1. The third kappa shape index (κ3) is 2.53. The first-order chi connectivity index (χ1) is 8.20. The monoisotopic (exact) mass is 229 g/mol. The molecule has 0 aliphatic carbocycles. The minimum Gasteiger partial charge on any atom is -0.336 e. The maximum absolute atomic E-state index is 11.9. The van der Waals surface area contributed by atoms with E-state index in [-0.39, 0.29) is 5.56 Å². The molecular formula is C13H15N3O. The molecular weight excluding hydrogens is 214 g/mol. The van der Waals surface area contributed by atoms with Crippen molar-refractivity contribution in [2.45, 2.75) is 20.4 Å². The molecule has 0 saturated heterocycles. The van der Waals surface area contributed by atoms with Crippen molar-refractivity contribution < 1.29 is 0 Å². The van der Waals surface area contributed by atoms with Crippen molar-refractivity contribution in [1.82, 2.24) is 9.55 Å². The smallest absolute Gasteiger partial charge is 0.293 e. The van der Waals surface area contributed by atoms with E-state index in [0.29, 0.717) is 12.4 Å². The Hall–Kier alpha value is -2.10. The molecule has 1 N–H and O–H groups in total. The summed E-state index contributed by atoms with van der Waals surface area (Å²) in [6.45, 7) is 4.59. The molecule has 0 aliphatic rings. The topological polar surface area (TPSA) is 46.9 Å². The molecule has 17 heavy (non-hydrogen) atoms. The normalized spacial score (nSPS) is 10.2. The Morgan fingerprint density at radius 3 is 2.65 bits per heavy atom. The van der Waals surface area contributed by atoms with Gasteiger partial charge in [-0.2, -0.15) is 0 Å². The van der Waals surface area contributed by atoms with Crippen LogP contribution in [-0.4, -0.2) is 9.55 Å². The summed E-state index contributed by atoms with van der Waals surface area (Å²) >= 11 is 0. The second-order valence-corrected chi connectivity index (χ2v) is 3.86. The Morgan fingerprint density at radius 1 is 1.29 bits per heavy atom. The van der Waals surface area contributed by atoms with Crippen molar-refractivity contribution >= 4 is 11.5 Å². The minimum absolute atomic E-state index is 0.101. The highest BCUT2D eigenvalue weighted by atomic mass is 16.1. The van der Waals surface area contributed by atoms with E-state index in [0.717, 1.165) is 5.69 Å². The Morgan fingerprint density at radius 2 is 2.00 bits per heavy atom. The van der Waals surface area contributed by atoms with Crippen LogP contribution in [0.1, 0.15) is 12.5 Å². The minimum atomic E-state index is -0.101. The molecule has 0 unspecified atom stereocenters. The lowest BCUT2D eigenvalue weighted by molar-refractivity contribution is 0.720. The second kappa shape index (κ2) is 4.82. The maximum atomic E-state index is 11.9. The molecule has 4 heteroatoms. The van der Waals surface area contributed by atoms with Gasteiger partial charge in [-0.05, 0) is 26.0 Å². The van der Waals surface area contributed by atoms with Gasteiger partial charge in [-0.25, -0.2) is 4.98 Å². The fraction of sp³-hybridized carbons (Fsp3) is 0.231. The van der Waals surface area contributed by atoms with Crippen LogP contribution in [-0.2, 0) is 6.54 Å². The Bertz CT molecular complexity index is 558. The molecule has 2 aromatic rings. The zero-order chi connectivity index (χ0) is 12.3. The van der Waals surface area contributed by atoms with Gasteiger partial charge in [0.1, 0.15) is 0 Å². The quantitative estimate of drug-likeness (QED) is 0.878. The highest BCUT2D eigenvalue weighted by molar-refractivity contribution is 5.55. The second-order valence-electron chi connectivity index (χ2n) is 3.86. The number of rotatable bonds is 3. The molecule has 0 atom stereocenters. The van der Waals surface area contributed by atoms with Crippen LogP contribution in [0, 0.1) is 6.92 Å². The lowest BCUT2D eigenvalue weighted by Crippen LogP contribution is -2.22. The van der Waals surface area contributed by atoms with E-state index in [9.17, 15) is 4.79 Å². The van der Waals surface area contributed by atoms with Crippen LogP contribution < -0.4 is 10.9 Å². The number of hydrogen-bond acceptors (Lipinski definition) is 3. The van der Waals surface area contributed by atoms with E-state index in [1.807, 2.05) is 38.1 Å². The number of benzene rings is 1. The summed E-state index contributed by atoms with van der Waals surface area (Å²) in [6, 6.07) is 7.84. The van der Waals surface area contributed by atoms with Crippen LogP contribution in [0.5, 0.6) is 0 Å². The van der Waals surface area contributed by atoms with E-state index in [1.54, 1.807) is 17.0 Å². The van der Waals surface area contributed by atoms with Crippen molar-refractivity contribution in [1.29, 1.82) is 0 Å². The van der Waals surface area contributed by atoms with Gasteiger partial charge in [-0.15, -0.1) is 0 Å². The van der Waals surface area contributed by atoms with E-state index < -0.39 is 0 Å². The highest BCUT2D eigenvalue weighted by Crippen LogP contribution is 2.11. The van der Waals surface area contributed by atoms with E-state index >= 15 is 0 Å². The van der Waals surface area contributed by atoms with Crippen molar-refractivity contribution in [3.8, 4) is 0 Å². The molecule has 2 rings (SSSR count). The number of anilines is 2. The van der Waals surface area contributed by atoms with Crippen LogP contribution in [0.15, 0.2) is 41.5 Å². The molecule has 1 heterocycles. The summed E-state index contributed by atoms with van der Waals surface area (Å²) in [7, 11) is 0. The number of aromatic nitrogens is 2. The molecule has 0 bridgehead atoms. The van der Waals surface area contributed by atoms with Crippen LogP contribution >= 0.6 is 0 Å². The Kier molecular flexibility index (Phi) is 3.23. The average Bonchev–Trinajstić information content (AvgIpc) is 2.35. The highest BCUT2D eigenvalue weighted by Gasteiger charge is 2.03. The molecule has 0 spiro atoms. The predicted octanol–water partition coefficient (Wildman–Crippen LogP) is 2.32. The van der Waals surface area contributed by atoms with Crippen molar-refractivity contribution in [2.24, 2.45) is 0 Å². The number of nitrogens with zero attached hydrogens (tertiary/aromatic N) is 2. The third-order valence-electron chi connectivity index (χ3n) is 2.57. The lowest BCUT2D eigenvalue weighted by atomic mass is 10.2. The first-order valence-electron chi connectivity index (χ1n) is 5.60. The van der Waals surface area contributed by atoms with Crippen molar-refractivity contribution in [3.63, 3.8) is 0 Å². The molecule has 88 valence electrons. The van der Waals surface area contributed by atoms with Gasteiger partial charge in [0.25, 0.3) is 5.56 Å². The molecule has 1 aromatic carbocycles. The first kappa shape index (κ1) is 11.4. The van der Waals surface area contributed by atoms with E-state index in [4.69, 9.17) is 0 Å². The zero-order valence-corrected chi connectivity index (χ0v) is 9.97.